The zero-order chi connectivity index (χ0) is 18.7. The van der Waals surface area contributed by atoms with E-state index in [-0.39, 0.29) is 10.8 Å². The number of amides is 1. The summed E-state index contributed by atoms with van der Waals surface area (Å²) in [4.78, 5) is 17.9. The van der Waals surface area contributed by atoms with Gasteiger partial charge in [-0.25, -0.2) is 13.4 Å². The van der Waals surface area contributed by atoms with Gasteiger partial charge in [0.05, 0.1) is 11.1 Å². The number of nitrogens with zero attached hydrogens (tertiary/aromatic N) is 1. The second kappa shape index (κ2) is 7.71. The number of thiazole rings is 1. The first-order chi connectivity index (χ1) is 12.3. The Hall–Kier alpha value is -2.00. The number of hydrogen-bond donors (Lipinski definition) is 1. The van der Waals surface area contributed by atoms with E-state index in [0.29, 0.717) is 20.6 Å². The van der Waals surface area contributed by atoms with Crippen molar-refractivity contribution in [3.05, 3.63) is 62.8 Å². The van der Waals surface area contributed by atoms with Crippen molar-refractivity contribution >= 4 is 66.8 Å². The van der Waals surface area contributed by atoms with E-state index in [2.05, 4.69) is 10.3 Å². The van der Waals surface area contributed by atoms with Crippen LogP contribution in [0.5, 0.6) is 0 Å². The number of carbonyl (C=O) groups is 1. The number of carbonyl (C=O) groups excluding carboxylic acids is 1. The zero-order valence-corrected chi connectivity index (χ0v) is 16.7. The lowest BCUT2D eigenvalue weighted by atomic mass is 10.0. The van der Waals surface area contributed by atoms with E-state index in [1.165, 1.54) is 29.7 Å². The molecule has 1 aromatic carbocycles. The summed E-state index contributed by atoms with van der Waals surface area (Å²) in [6, 6.07) is 9.98. The molecule has 5 nitrogen and oxygen atoms in total. The Morgan fingerprint density at radius 2 is 1.96 bits per heavy atom. The number of benzene rings is 1. The molecule has 2 aromatic heterocycles. The van der Waals surface area contributed by atoms with E-state index >= 15 is 0 Å². The average molecular weight is 425 g/mol. The molecule has 0 aliphatic carbocycles. The van der Waals surface area contributed by atoms with E-state index < -0.39 is 9.84 Å². The molecule has 0 fully saturated rings. The van der Waals surface area contributed by atoms with Crippen molar-refractivity contribution in [2.24, 2.45) is 0 Å². The first-order valence-corrected chi connectivity index (χ1v) is 11.3. The summed E-state index contributed by atoms with van der Waals surface area (Å²) < 4.78 is 23.7. The van der Waals surface area contributed by atoms with Crippen LogP contribution in [0.15, 0.2) is 52.9 Å². The first-order valence-electron chi connectivity index (χ1n) is 7.31. The lowest BCUT2D eigenvalue weighted by molar-refractivity contribution is -0.111. The molecule has 134 valence electrons. The smallest absolute Gasteiger partial charge is 0.258 e. The quantitative estimate of drug-likeness (QED) is 0.614. The molecule has 0 radical (unpaired) electrons. The van der Waals surface area contributed by atoms with Crippen LogP contribution in [0.1, 0.15) is 10.4 Å². The van der Waals surface area contributed by atoms with Gasteiger partial charge in [0.15, 0.2) is 15.0 Å². The average Bonchev–Trinajstić information content (AvgIpc) is 3.23. The maximum absolute atomic E-state index is 12.8. The minimum Gasteiger partial charge on any atom is -0.298 e. The minimum atomic E-state index is -3.30. The summed E-state index contributed by atoms with van der Waals surface area (Å²) in [5, 5.41) is 5.03. The molecule has 3 rings (SSSR count). The Balaban J connectivity index is 1.97. The van der Waals surface area contributed by atoms with Gasteiger partial charge in [-0.1, -0.05) is 41.1 Å². The van der Waals surface area contributed by atoms with Crippen molar-refractivity contribution in [3.63, 3.8) is 0 Å². The largest absolute Gasteiger partial charge is 0.298 e. The molecular weight excluding hydrogens is 412 g/mol. The van der Waals surface area contributed by atoms with Crippen LogP contribution in [-0.2, 0) is 14.6 Å². The molecule has 0 spiro atoms. The van der Waals surface area contributed by atoms with Gasteiger partial charge in [-0.05, 0) is 35.2 Å². The molecule has 1 N–H and O–H groups in total. The molecule has 26 heavy (non-hydrogen) atoms. The van der Waals surface area contributed by atoms with Gasteiger partial charge in [-0.2, -0.15) is 0 Å². The fourth-order valence-corrected chi connectivity index (χ4v) is 4.25. The zero-order valence-electron chi connectivity index (χ0n) is 13.5. The van der Waals surface area contributed by atoms with Crippen molar-refractivity contribution in [2.75, 3.05) is 11.6 Å². The first kappa shape index (κ1) is 18.8. The molecule has 0 saturated carbocycles. The number of aromatic nitrogens is 1. The van der Waals surface area contributed by atoms with E-state index in [4.69, 9.17) is 11.6 Å². The van der Waals surface area contributed by atoms with Crippen LogP contribution in [0, 0.1) is 0 Å². The Morgan fingerprint density at radius 1 is 1.23 bits per heavy atom. The third kappa shape index (κ3) is 4.59. The van der Waals surface area contributed by atoms with Crippen LogP contribution in [-0.4, -0.2) is 25.6 Å². The molecule has 0 unspecified atom stereocenters. The highest BCUT2D eigenvalue weighted by molar-refractivity contribution is 7.90. The number of halogens is 1. The standard InChI is InChI=1S/C17H13ClN2O3S3/c1-26(22,23)13-6-4-11(5-7-13)14(9-12-3-2-8-24-12)16(21)20-17-19-10-15(18)25-17/h2-10H,1H3,(H,19,20,21). The van der Waals surface area contributed by atoms with Gasteiger partial charge in [-0.3, -0.25) is 10.1 Å². The highest BCUT2D eigenvalue weighted by Crippen LogP contribution is 2.27. The number of hydrogen-bond acceptors (Lipinski definition) is 6. The Bertz CT molecular complexity index is 1050. The topological polar surface area (TPSA) is 76.1 Å². The predicted octanol–water partition coefficient (Wildman–Crippen LogP) is 4.44. The maximum Gasteiger partial charge on any atom is 0.258 e. The molecule has 0 atom stereocenters. The summed E-state index contributed by atoms with van der Waals surface area (Å²) in [7, 11) is -3.30. The van der Waals surface area contributed by atoms with Gasteiger partial charge in [0.2, 0.25) is 0 Å². The predicted molar refractivity (Wildman–Crippen MR) is 107 cm³/mol. The summed E-state index contributed by atoms with van der Waals surface area (Å²) in [5.41, 5.74) is 1.00. The third-order valence-corrected chi connectivity index (χ3v) is 6.34. The van der Waals surface area contributed by atoms with Gasteiger partial charge in [0, 0.05) is 16.7 Å². The molecule has 9 heteroatoms. The lowest BCUT2D eigenvalue weighted by Gasteiger charge is -2.08. The number of anilines is 1. The monoisotopic (exact) mass is 424 g/mol. The highest BCUT2D eigenvalue weighted by Gasteiger charge is 2.16. The summed E-state index contributed by atoms with van der Waals surface area (Å²) in [5.74, 6) is -0.350. The van der Waals surface area contributed by atoms with Gasteiger partial charge >= 0.3 is 0 Å². The Kier molecular flexibility index (Phi) is 5.57. The van der Waals surface area contributed by atoms with E-state index in [0.717, 1.165) is 22.5 Å². The highest BCUT2D eigenvalue weighted by atomic mass is 35.5. The second-order valence-corrected chi connectivity index (χ2v) is 9.95. The fourth-order valence-electron chi connectivity index (χ4n) is 2.15. The van der Waals surface area contributed by atoms with Crippen molar-refractivity contribution in [1.82, 2.24) is 4.98 Å². The van der Waals surface area contributed by atoms with Gasteiger partial charge in [-0.15, -0.1) is 11.3 Å². The van der Waals surface area contributed by atoms with Crippen LogP contribution in [0.2, 0.25) is 4.34 Å². The van der Waals surface area contributed by atoms with Crippen LogP contribution in [0.25, 0.3) is 11.6 Å². The Morgan fingerprint density at radius 3 is 2.50 bits per heavy atom. The van der Waals surface area contributed by atoms with Crippen LogP contribution in [0.4, 0.5) is 5.13 Å². The molecular formula is C17H13ClN2O3S3. The van der Waals surface area contributed by atoms with E-state index in [1.807, 2.05) is 17.5 Å². The Labute approximate surface area is 163 Å². The van der Waals surface area contributed by atoms with Crippen molar-refractivity contribution in [3.8, 4) is 0 Å². The molecule has 0 aliphatic heterocycles. The summed E-state index contributed by atoms with van der Waals surface area (Å²) >= 11 is 8.51. The lowest BCUT2D eigenvalue weighted by Crippen LogP contribution is -2.13. The van der Waals surface area contributed by atoms with Crippen molar-refractivity contribution in [2.45, 2.75) is 4.90 Å². The summed E-state index contributed by atoms with van der Waals surface area (Å²) in [6.07, 6.45) is 4.36. The number of thiophene rings is 1. The fraction of sp³-hybridized carbons (Fsp3) is 0.0588. The third-order valence-electron chi connectivity index (χ3n) is 3.37. The number of rotatable bonds is 5. The summed E-state index contributed by atoms with van der Waals surface area (Å²) in [6.45, 7) is 0. The van der Waals surface area contributed by atoms with Gasteiger partial charge < -0.3 is 0 Å². The SMILES string of the molecule is CS(=O)(=O)c1ccc(C(=Cc2cccs2)C(=O)Nc2ncc(Cl)s2)cc1. The van der Waals surface area contributed by atoms with Gasteiger partial charge in [0.1, 0.15) is 4.34 Å². The van der Waals surface area contributed by atoms with Crippen LogP contribution in [0.3, 0.4) is 0 Å². The second-order valence-electron chi connectivity index (χ2n) is 5.29. The van der Waals surface area contributed by atoms with Gasteiger partial charge in [0.25, 0.3) is 5.91 Å². The number of sulfone groups is 1. The number of nitrogens with one attached hydrogen (secondary N) is 1. The molecule has 2 heterocycles. The normalized spacial score (nSPS) is 12.2. The molecule has 0 saturated heterocycles. The van der Waals surface area contributed by atoms with E-state index in [9.17, 15) is 13.2 Å². The minimum absolute atomic E-state index is 0.198. The molecule has 0 aliphatic rings. The molecule has 0 bridgehead atoms. The van der Waals surface area contributed by atoms with Crippen molar-refractivity contribution in [1.29, 1.82) is 0 Å². The van der Waals surface area contributed by atoms with E-state index in [1.54, 1.807) is 18.2 Å². The van der Waals surface area contributed by atoms with Crippen molar-refractivity contribution < 1.29 is 13.2 Å². The molecule has 1 amide bonds. The van der Waals surface area contributed by atoms with Crippen LogP contribution < -0.4 is 5.32 Å². The maximum atomic E-state index is 12.8. The molecule has 3 aromatic rings. The van der Waals surface area contributed by atoms with Crippen LogP contribution >= 0.6 is 34.3 Å².